The molecule has 4 heterocycles. The van der Waals surface area contributed by atoms with Crippen molar-refractivity contribution in [3.05, 3.63) is 57.0 Å². The molecular weight excluding hydrogens is 440 g/mol. The zero-order valence-corrected chi connectivity index (χ0v) is 18.8. The van der Waals surface area contributed by atoms with Crippen LogP contribution in [-0.2, 0) is 22.7 Å². The highest BCUT2D eigenvalue weighted by Gasteiger charge is 2.25. The van der Waals surface area contributed by atoms with E-state index in [0.717, 1.165) is 22.2 Å². The van der Waals surface area contributed by atoms with Gasteiger partial charge in [-0.1, -0.05) is 0 Å². The van der Waals surface area contributed by atoms with Gasteiger partial charge in [0.2, 0.25) is 5.56 Å². The van der Waals surface area contributed by atoms with Crippen LogP contribution in [0, 0.1) is 6.92 Å². The van der Waals surface area contributed by atoms with Gasteiger partial charge in [0, 0.05) is 41.9 Å². The van der Waals surface area contributed by atoms with Crippen molar-refractivity contribution >= 4 is 28.3 Å². The number of nitrogens with zero attached hydrogens (tertiary/aromatic N) is 2. The number of pyridine rings is 2. The molecule has 2 aliphatic heterocycles. The maximum atomic E-state index is 13.5. The summed E-state index contributed by atoms with van der Waals surface area (Å²) in [7, 11) is 0. The predicted octanol–water partition coefficient (Wildman–Crippen LogP) is 1.72. The Balaban J connectivity index is 1.53. The van der Waals surface area contributed by atoms with Gasteiger partial charge in [0.15, 0.2) is 0 Å². The molecule has 10 heteroatoms. The summed E-state index contributed by atoms with van der Waals surface area (Å²) in [6, 6.07) is 6.78. The number of carbonyl (C=O) groups excluding carboxylic acids is 1. The van der Waals surface area contributed by atoms with Crippen LogP contribution in [0.5, 0.6) is 5.75 Å². The van der Waals surface area contributed by atoms with Crippen LogP contribution in [0.15, 0.2) is 29.1 Å². The average Bonchev–Trinajstić information content (AvgIpc) is 3.30. The van der Waals surface area contributed by atoms with E-state index in [1.54, 1.807) is 12.1 Å². The van der Waals surface area contributed by atoms with E-state index in [0.29, 0.717) is 67.9 Å². The second kappa shape index (κ2) is 9.41. The Morgan fingerprint density at radius 1 is 1.21 bits per heavy atom. The van der Waals surface area contributed by atoms with Crippen LogP contribution in [0.4, 0.5) is 11.5 Å². The normalized spacial score (nSPS) is 15.4. The third-order valence-electron chi connectivity index (χ3n) is 5.95. The minimum absolute atomic E-state index is 0.0540. The van der Waals surface area contributed by atoms with E-state index in [1.165, 1.54) is 6.07 Å². The smallest absolute Gasteiger partial charge is 0.259 e. The molecule has 3 N–H and O–H groups in total. The number of hydrogen-bond donors (Lipinski definition) is 3. The van der Waals surface area contributed by atoms with Gasteiger partial charge in [-0.25, -0.2) is 4.98 Å². The molecule has 0 unspecified atom stereocenters. The van der Waals surface area contributed by atoms with Crippen molar-refractivity contribution in [2.75, 3.05) is 49.7 Å². The molecule has 1 saturated heterocycles. The molecule has 0 atom stereocenters. The Morgan fingerprint density at radius 3 is 2.82 bits per heavy atom. The van der Waals surface area contributed by atoms with Gasteiger partial charge in [-0.05, 0) is 24.6 Å². The standard InChI is InChI=1S/C24H26N4O6/c1-14-8-21(30)27-22-17(14)10-16(11-20(22)34-7-4-29)25-24(31)18-9-15-12-33-13-19(15)26-23(18)28-2-5-32-6-3-28/h8-11,29H,2-7,12-13H2,1H3,(H,25,31)(H,27,30). The topological polar surface area (TPSA) is 126 Å². The highest BCUT2D eigenvalue weighted by atomic mass is 16.5. The molecule has 1 aromatic carbocycles. The lowest BCUT2D eigenvalue weighted by molar-refractivity contribution is 0.102. The number of fused-ring (bicyclic) bond motifs is 2. The molecule has 0 aliphatic carbocycles. The molecule has 2 aromatic heterocycles. The van der Waals surface area contributed by atoms with Crippen LogP contribution in [0.1, 0.15) is 27.2 Å². The van der Waals surface area contributed by atoms with Crippen molar-refractivity contribution in [1.29, 1.82) is 0 Å². The molecule has 3 aromatic rings. The van der Waals surface area contributed by atoms with E-state index in [1.807, 2.05) is 13.0 Å². The minimum atomic E-state index is -0.307. The zero-order valence-electron chi connectivity index (χ0n) is 18.8. The Labute approximate surface area is 195 Å². The summed E-state index contributed by atoms with van der Waals surface area (Å²) < 4.78 is 16.7. The maximum absolute atomic E-state index is 13.5. The van der Waals surface area contributed by atoms with Gasteiger partial charge in [0.05, 0.1) is 49.8 Å². The number of H-pyrrole nitrogens is 1. The van der Waals surface area contributed by atoms with Crippen LogP contribution in [0.3, 0.4) is 0 Å². The van der Waals surface area contributed by atoms with Gasteiger partial charge in [-0.3, -0.25) is 9.59 Å². The van der Waals surface area contributed by atoms with Gasteiger partial charge < -0.3 is 34.5 Å². The largest absolute Gasteiger partial charge is 0.489 e. The van der Waals surface area contributed by atoms with Gasteiger partial charge in [-0.15, -0.1) is 0 Å². The summed E-state index contributed by atoms with van der Waals surface area (Å²) in [6.45, 7) is 4.99. The molecule has 0 saturated carbocycles. The first kappa shape index (κ1) is 22.3. The lowest BCUT2D eigenvalue weighted by atomic mass is 10.1. The van der Waals surface area contributed by atoms with Crippen LogP contribution < -0.4 is 20.5 Å². The number of aliphatic hydroxyl groups is 1. The Hall–Kier alpha value is -3.47. The first-order valence-electron chi connectivity index (χ1n) is 11.2. The van der Waals surface area contributed by atoms with Crippen molar-refractivity contribution in [1.82, 2.24) is 9.97 Å². The number of aromatic amines is 1. The first-order chi connectivity index (χ1) is 16.5. The number of aliphatic hydroxyl groups excluding tert-OH is 1. The van der Waals surface area contributed by atoms with Crippen LogP contribution >= 0.6 is 0 Å². The third-order valence-corrected chi connectivity index (χ3v) is 5.95. The number of aryl methyl sites for hydroxylation is 1. The molecule has 1 fully saturated rings. The fourth-order valence-electron chi connectivity index (χ4n) is 4.30. The number of benzene rings is 1. The lowest BCUT2D eigenvalue weighted by Crippen LogP contribution is -2.38. The van der Waals surface area contributed by atoms with Gasteiger partial charge in [0.1, 0.15) is 18.2 Å². The number of amides is 1. The molecular formula is C24H26N4O6. The quantitative estimate of drug-likeness (QED) is 0.501. The molecule has 1 amide bonds. The number of aromatic nitrogens is 2. The fraction of sp³-hybridized carbons (Fsp3) is 0.375. The number of ether oxygens (including phenoxy) is 3. The number of hydrogen-bond acceptors (Lipinski definition) is 8. The molecule has 178 valence electrons. The molecule has 10 nitrogen and oxygen atoms in total. The van der Waals surface area contributed by atoms with E-state index in [2.05, 4.69) is 15.2 Å². The second-order valence-electron chi connectivity index (χ2n) is 8.30. The molecule has 34 heavy (non-hydrogen) atoms. The summed E-state index contributed by atoms with van der Waals surface area (Å²) >= 11 is 0. The molecule has 0 spiro atoms. The number of nitrogens with one attached hydrogen (secondary N) is 2. The molecule has 5 rings (SSSR count). The van der Waals surface area contributed by atoms with Crippen LogP contribution in [-0.4, -0.2) is 60.5 Å². The lowest BCUT2D eigenvalue weighted by Gasteiger charge is -2.29. The fourth-order valence-corrected chi connectivity index (χ4v) is 4.30. The van der Waals surface area contributed by atoms with Crippen molar-refractivity contribution in [3.63, 3.8) is 0 Å². The number of carbonyl (C=O) groups is 1. The van der Waals surface area contributed by atoms with Gasteiger partial charge >= 0.3 is 0 Å². The van der Waals surface area contributed by atoms with Gasteiger partial charge in [-0.2, -0.15) is 0 Å². The van der Waals surface area contributed by atoms with Crippen molar-refractivity contribution in [3.8, 4) is 5.75 Å². The minimum Gasteiger partial charge on any atom is -0.489 e. The maximum Gasteiger partial charge on any atom is 0.259 e. The zero-order chi connectivity index (χ0) is 23.7. The van der Waals surface area contributed by atoms with Crippen LogP contribution in [0.2, 0.25) is 0 Å². The van der Waals surface area contributed by atoms with E-state index >= 15 is 0 Å². The Bertz CT molecular complexity index is 1300. The third kappa shape index (κ3) is 4.35. The number of rotatable bonds is 6. The summed E-state index contributed by atoms with van der Waals surface area (Å²) in [4.78, 5) is 35.1. The van der Waals surface area contributed by atoms with E-state index in [9.17, 15) is 14.7 Å². The number of anilines is 2. The van der Waals surface area contributed by atoms with E-state index in [-0.39, 0.29) is 24.7 Å². The molecule has 2 aliphatic rings. The average molecular weight is 466 g/mol. The van der Waals surface area contributed by atoms with Crippen molar-refractivity contribution in [2.24, 2.45) is 0 Å². The van der Waals surface area contributed by atoms with Gasteiger partial charge in [0.25, 0.3) is 5.91 Å². The molecule has 0 bridgehead atoms. The van der Waals surface area contributed by atoms with E-state index < -0.39 is 0 Å². The Morgan fingerprint density at radius 2 is 2.03 bits per heavy atom. The van der Waals surface area contributed by atoms with E-state index in [4.69, 9.17) is 19.2 Å². The highest BCUT2D eigenvalue weighted by Crippen LogP contribution is 2.32. The van der Waals surface area contributed by atoms with Crippen molar-refractivity contribution < 1.29 is 24.1 Å². The van der Waals surface area contributed by atoms with Crippen LogP contribution in [0.25, 0.3) is 10.9 Å². The highest BCUT2D eigenvalue weighted by molar-refractivity contribution is 6.09. The second-order valence-corrected chi connectivity index (χ2v) is 8.30. The summed E-state index contributed by atoms with van der Waals surface area (Å²) in [5.41, 5.74) is 3.73. The first-order valence-corrected chi connectivity index (χ1v) is 11.2. The predicted molar refractivity (Wildman–Crippen MR) is 126 cm³/mol. The number of morpholine rings is 1. The summed E-state index contributed by atoms with van der Waals surface area (Å²) in [6.07, 6.45) is 0. The SMILES string of the molecule is Cc1cc(=O)[nH]c2c(OCCO)cc(NC(=O)c3cc4c(nc3N3CCOCC3)COC4)cc12. The Kier molecular flexibility index (Phi) is 6.18. The monoisotopic (exact) mass is 466 g/mol. The summed E-state index contributed by atoms with van der Waals surface area (Å²) in [5.74, 6) is 0.679. The molecule has 0 radical (unpaired) electrons. The summed E-state index contributed by atoms with van der Waals surface area (Å²) in [5, 5.41) is 12.9. The van der Waals surface area contributed by atoms with Crippen molar-refractivity contribution in [2.45, 2.75) is 20.1 Å².